The molecule has 0 aliphatic carbocycles. The first-order valence-corrected chi connectivity index (χ1v) is 11.7. The summed E-state index contributed by atoms with van der Waals surface area (Å²) in [5, 5.41) is 15.6. The third kappa shape index (κ3) is 4.33. The summed E-state index contributed by atoms with van der Waals surface area (Å²) in [6, 6.07) is 15.7. The Balaban J connectivity index is 1.22. The maximum absolute atomic E-state index is 12.8. The van der Waals surface area contributed by atoms with Gasteiger partial charge in [-0.15, -0.1) is 10.2 Å². The molecule has 0 spiro atoms. The Morgan fingerprint density at radius 2 is 1.54 bits per heavy atom. The third-order valence-electron chi connectivity index (χ3n) is 6.43. The topological polar surface area (TPSA) is 119 Å². The van der Waals surface area contributed by atoms with E-state index in [1.807, 2.05) is 20.8 Å². The molecule has 37 heavy (non-hydrogen) atoms. The molecule has 2 aromatic carbocycles. The molecule has 1 aliphatic heterocycles. The van der Waals surface area contributed by atoms with E-state index >= 15 is 0 Å². The maximum atomic E-state index is 12.8. The van der Waals surface area contributed by atoms with Gasteiger partial charge in [-0.05, 0) is 75.7 Å². The fourth-order valence-electron chi connectivity index (χ4n) is 4.07. The number of anilines is 1. The highest BCUT2D eigenvalue weighted by molar-refractivity contribution is 6.23. The van der Waals surface area contributed by atoms with Gasteiger partial charge < -0.3 is 10.1 Å². The second-order valence-corrected chi connectivity index (χ2v) is 8.75. The van der Waals surface area contributed by atoms with Crippen molar-refractivity contribution in [3.05, 3.63) is 88.7 Å². The van der Waals surface area contributed by atoms with Gasteiger partial charge in [0.15, 0.2) is 5.82 Å². The van der Waals surface area contributed by atoms with Gasteiger partial charge in [-0.3, -0.25) is 19.3 Å². The average Bonchev–Trinajstić information content (AvgIpc) is 3.32. The van der Waals surface area contributed by atoms with Gasteiger partial charge >= 0.3 is 0 Å². The fraction of sp³-hybridized carbons (Fsp3) is 0.185. The number of imide groups is 1. The van der Waals surface area contributed by atoms with Gasteiger partial charge in [0.25, 0.3) is 11.8 Å². The first-order chi connectivity index (χ1) is 17.7. The van der Waals surface area contributed by atoms with Crippen molar-refractivity contribution in [2.75, 3.05) is 5.32 Å². The summed E-state index contributed by atoms with van der Waals surface area (Å²) in [6.45, 7) is 7.45. The zero-order valence-electron chi connectivity index (χ0n) is 20.7. The van der Waals surface area contributed by atoms with E-state index in [1.54, 1.807) is 65.3 Å². The number of benzene rings is 2. The molecule has 1 N–H and O–H groups in total. The van der Waals surface area contributed by atoms with Crippen molar-refractivity contribution in [2.45, 2.75) is 33.7 Å². The van der Waals surface area contributed by atoms with E-state index in [9.17, 15) is 14.4 Å². The summed E-state index contributed by atoms with van der Waals surface area (Å²) in [5.74, 6) is -0.0528. The number of aromatic nitrogens is 4. The zero-order valence-corrected chi connectivity index (χ0v) is 20.7. The van der Waals surface area contributed by atoms with Gasteiger partial charge in [0.2, 0.25) is 11.8 Å². The highest BCUT2D eigenvalue weighted by Gasteiger charge is 2.40. The number of nitrogens with one attached hydrogen (secondary N) is 1. The molecule has 3 amide bonds. The first kappa shape index (κ1) is 23.9. The van der Waals surface area contributed by atoms with Gasteiger partial charge in [-0.2, -0.15) is 5.10 Å². The van der Waals surface area contributed by atoms with Crippen LogP contribution >= 0.6 is 0 Å². The molecule has 1 atom stereocenters. The number of hydrogen-bond donors (Lipinski definition) is 1. The number of rotatable bonds is 6. The molecule has 10 nitrogen and oxygen atoms in total. The summed E-state index contributed by atoms with van der Waals surface area (Å²) in [4.78, 5) is 39.1. The van der Waals surface area contributed by atoms with Crippen LogP contribution in [0.4, 0.5) is 5.69 Å². The number of carbonyl (C=O) groups is 3. The van der Waals surface area contributed by atoms with E-state index in [0.29, 0.717) is 34.3 Å². The van der Waals surface area contributed by atoms with Crippen molar-refractivity contribution in [2.24, 2.45) is 0 Å². The minimum atomic E-state index is -0.983. The molecular formula is C27H24N6O4. The quantitative estimate of drug-likeness (QED) is 0.401. The van der Waals surface area contributed by atoms with Crippen LogP contribution in [0.5, 0.6) is 11.6 Å². The van der Waals surface area contributed by atoms with Crippen molar-refractivity contribution >= 4 is 23.4 Å². The summed E-state index contributed by atoms with van der Waals surface area (Å²) >= 11 is 0. The molecule has 5 rings (SSSR count). The maximum Gasteiger partial charge on any atom is 0.262 e. The number of carbonyl (C=O) groups excluding carboxylic acids is 3. The van der Waals surface area contributed by atoms with E-state index in [0.717, 1.165) is 21.9 Å². The van der Waals surface area contributed by atoms with Crippen molar-refractivity contribution in [3.8, 4) is 17.4 Å². The lowest BCUT2D eigenvalue weighted by Crippen LogP contribution is -2.45. The molecule has 3 heterocycles. The molecule has 186 valence electrons. The molecule has 0 fully saturated rings. The van der Waals surface area contributed by atoms with Crippen LogP contribution in [0.25, 0.3) is 5.82 Å². The van der Waals surface area contributed by atoms with E-state index < -0.39 is 23.8 Å². The van der Waals surface area contributed by atoms with Crippen LogP contribution in [-0.4, -0.2) is 48.6 Å². The van der Waals surface area contributed by atoms with Crippen LogP contribution in [0.1, 0.15) is 44.6 Å². The van der Waals surface area contributed by atoms with Crippen molar-refractivity contribution in [1.82, 2.24) is 24.9 Å². The van der Waals surface area contributed by atoms with E-state index in [4.69, 9.17) is 4.74 Å². The fourth-order valence-corrected chi connectivity index (χ4v) is 4.07. The highest BCUT2D eigenvalue weighted by Crippen LogP contribution is 2.26. The Hall–Kier alpha value is -4.86. The number of nitrogens with zero attached hydrogens (tertiary/aromatic N) is 5. The number of amides is 3. The van der Waals surface area contributed by atoms with Crippen molar-refractivity contribution in [3.63, 3.8) is 0 Å². The number of fused-ring (bicyclic) bond motifs is 1. The Kier molecular flexibility index (Phi) is 6.00. The van der Waals surface area contributed by atoms with Crippen LogP contribution < -0.4 is 10.1 Å². The third-order valence-corrected chi connectivity index (χ3v) is 6.43. The molecule has 0 saturated carbocycles. The zero-order chi connectivity index (χ0) is 26.3. The van der Waals surface area contributed by atoms with Gasteiger partial charge in [0, 0.05) is 17.4 Å². The summed E-state index contributed by atoms with van der Waals surface area (Å²) < 4.78 is 7.51. The predicted octanol–water partition coefficient (Wildman–Crippen LogP) is 4.00. The summed E-state index contributed by atoms with van der Waals surface area (Å²) in [6.07, 6.45) is 0. The first-order valence-electron chi connectivity index (χ1n) is 11.7. The lowest BCUT2D eigenvalue weighted by molar-refractivity contribution is -0.119. The standard InChI is InChI=1S/C27H24N6O4/c1-15-16(2)31-33(17(15)3)23-13-14-24(30-29-23)37-20-11-9-19(10-12-20)28-25(34)18(4)32-26(35)21-7-5-6-8-22(21)27(32)36/h5-14,18H,1-4H3,(H,28,34). The lowest BCUT2D eigenvalue weighted by atomic mass is 10.1. The lowest BCUT2D eigenvalue weighted by Gasteiger charge is -2.21. The number of hydrogen-bond acceptors (Lipinski definition) is 7. The Morgan fingerprint density at radius 3 is 2.08 bits per heavy atom. The highest BCUT2D eigenvalue weighted by atomic mass is 16.5. The largest absolute Gasteiger partial charge is 0.438 e. The second-order valence-electron chi connectivity index (χ2n) is 8.75. The molecule has 2 aromatic heterocycles. The van der Waals surface area contributed by atoms with Crippen LogP contribution in [0.15, 0.2) is 60.7 Å². The minimum Gasteiger partial charge on any atom is -0.438 e. The molecular weight excluding hydrogens is 472 g/mol. The van der Waals surface area contributed by atoms with E-state index in [2.05, 4.69) is 20.6 Å². The molecule has 0 saturated heterocycles. The Bertz CT molecular complexity index is 1490. The summed E-state index contributed by atoms with van der Waals surface area (Å²) in [5.41, 5.74) is 4.12. The number of ether oxygens (including phenoxy) is 1. The average molecular weight is 497 g/mol. The van der Waals surface area contributed by atoms with Crippen molar-refractivity contribution in [1.29, 1.82) is 0 Å². The van der Waals surface area contributed by atoms with E-state index in [1.165, 1.54) is 6.92 Å². The smallest absolute Gasteiger partial charge is 0.262 e. The SMILES string of the molecule is Cc1nn(-c2ccc(Oc3ccc(NC(=O)C(C)N4C(=O)c5ccccc5C4=O)cc3)nn2)c(C)c1C. The van der Waals surface area contributed by atoms with Crippen LogP contribution in [0.3, 0.4) is 0 Å². The van der Waals surface area contributed by atoms with Crippen LogP contribution in [0.2, 0.25) is 0 Å². The monoisotopic (exact) mass is 496 g/mol. The summed E-state index contributed by atoms with van der Waals surface area (Å²) in [7, 11) is 0. The normalized spacial score (nSPS) is 13.5. The van der Waals surface area contributed by atoms with Crippen molar-refractivity contribution < 1.29 is 19.1 Å². The van der Waals surface area contributed by atoms with Gasteiger partial charge in [-0.25, -0.2) is 4.68 Å². The Labute approximate surface area is 212 Å². The predicted molar refractivity (Wildman–Crippen MR) is 135 cm³/mol. The van der Waals surface area contributed by atoms with Gasteiger partial charge in [0.1, 0.15) is 11.8 Å². The molecule has 0 bridgehead atoms. The van der Waals surface area contributed by atoms with E-state index in [-0.39, 0.29) is 0 Å². The molecule has 4 aromatic rings. The van der Waals surface area contributed by atoms with Crippen LogP contribution in [-0.2, 0) is 4.79 Å². The van der Waals surface area contributed by atoms with Gasteiger partial charge in [-0.1, -0.05) is 12.1 Å². The molecule has 1 aliphatic rings. The van der Waals surface area contributed by atoms with Gasteiger partial charge in [0.05, 0.1) is 16.8 Å². The Morgan fingerprint density at radius 1 is 0.892 bits per heavy atom. The van der Waals surface area contributed by atoms with Crippen LogP contribution in [0, 0.1) is 20.8 Å². The second kappa shape index (κ2) is 9.30. The number of aryl methyl sites for hydroxylation is 1. The molecule has 10 heteroatoms. The minimum absolute atomic E-state index is 0.301. The molecule has 0 radical (unpaired) electrons. The molecule has 1 unspecified atom stereocenters.